The third-order valence-corrected chi connectivity index (χ3v) is 4.25. The minimum Gasteiger partial charge on any atom is -0.381 e. The van der Waals surface area contributed by atoms with E-state index in [0.29, 0.717) is 12.0 Å². The summed E-state index contributed by atoms with van der Waals surface area (Å²) in [5, 5.41) is 4.81. The first kappa shape index (κ1) is 13.4. The van der Waals surface area contributed by atoms with Gasteiger partial charge in [0.15, 0.2) is 0 Å². The van der Waals surface area contributed by atoms with Crippen molar-refractivity contribution in [3.63, 3.8) is 0 Å². The van der Waals surface area contributed by atoms with Crippen LogP contribution in [0.25, 0.3) is 10.9 Å². The number of benzene rings is 1. The van der Waals surface area contributed by atoms with Gasteiger partial charge in [0.1, 0.15) is 5.82 Å². The molecule has 0 radical (unpaired) electrons. The first-order valence-electron chi connectivity index (χ1n) is 7.45. The van der Waals surface area contributed by atoms with Gasteiger partial charge < -0.3 is 10.1 Å². The topological polar surface area (TPSA) is 34.2 Å². The van der Waals surface area contributed by atoms with Crippen molar-refractivity contribution >= 4 is 16.7 Å². The summed E-state index contributed by atoms with van der Waals surface area (Å²) in [7, 11) is 0. The van der Waals surface area contributed by atoms with E-state index in [-0.39, 0.29) is 0 Å². The van der Waals surface area contributed by atoms with Gasteiger partial charge in [-0.05, 0) is 50.3 Å². The number of nitrogens with one attached hydrogen (secondary N) is 1. The number of para-hydroxylation sites is 1. The smallest absolute Gasteiger partial charge is 0.129 e. The van der Waals surface area contributed by atoms with Crippen LogP contribution < -0.4 is 5.32 Å². The Morgan fingerprint density at radius 2 is 2.00 bits per heavy atom. The summed E-state index contributed by atoms with van der Waals surface area (Å²) in [6, 6.07) is 10.9. The maximum atomic E-state index is 5.44. The molecule has 3 heteroatoms. The summed E-state index contributed by atoms with van der Waals surface area (Å²) in [6.07, 6.45) is 2.28. The number of fused-ring (bicyclic) bond motifs is 1. The van der Waals surface area contributed by atoms with E-state index >= 15 is 0 Å². The molecule has 0 amide bonds. The Kier molecular flexibility index (Phi) is 3.88. The van der Waals surface area contributed by atoms with E-state index in [4.69, 9.17) is 9.72 Å². The molecule has 20 heavy (non-hydrogen) atoms. The van der Waals surface area contributed by atoms with Crippen molar-refractivity contribution in [1.29, 1.82) is 0 Å². The molecule has 3 nitrogen and oxygen atoms in total. The van der Waals surface area contributed by atoms with Gasteiger partial charge >= 0.3 is 0 Å². The molecule has 1 aromatic carbocycles. The normalized spacial score (nSPS) is 18.1. The highest BCUT2D eigenvalue weighted by atomic mass is 16.5. The minimum atomic E-state index is 0.436. The van der Waals surface area contributed by atoms with Crippen LogP contribution in [0.5, 0.6) is 0 Å². The van der Waals surface area contributed by atoms with Gasteiger partial charge in [-0.25, -0.2) is 4.98 Å². The van der Waals surface area contributed by atoms with Crippen molar-refractivity contribution in [1.82, 2.24) is 4.98 Å². The Balaban J connectivity index is 1.80. The average molecular weight is 270 g/mol. The molecule has 3 rings (SSSR count). The Hall–Kier alpha value is -1.61. The van der Waals surface area contributed by atoms with E-state index in [1.54, 1.807) is 0 Å². The second-order valence-corrected chi connectivity index (χ2v) is 5.73. The summed E-state index contributed by atoms with van der Waals surface area (Å²) in [4.78, 5) is 4.77. The number of rotatable bonds is 3. The Morgan fingerprint density at radius 3 is 2.80 bits per heavy atom. The fourth-order valence-electron chi connectivity index (χ4n) is 2.92. The highest BCUT2D eigenvalue weighted by Crippen LogP contribution is 2.24. The zero-order valence-corrected chi connectivity index (χ0v) is 12.2. The van der Waals surface area contributed by atoms with E-state index in [1.807, 2.05) is 6.07 Å². The number of aromatic nitrogens is 1. The fourth-order valence-corrected chi connectivity index (χ4v) is 2.92. The number of pyridine rings is 1. The van der Waals surface area contributed by atoms with Crippen molar-refractivity contribution in [2.45, 2.75) is 32.7 Å². The minimum absolute atomic E-state index is 0.436. The van der Waals surface area contributed by atoms with Gasteiger partial charge in [0, 0.05) is 24.6 Å². The van der Waals surface area contributed by atoms with Gasteiger partial charge in [-0.3, -0.25) is 0 Å². The summed E-state index contributed by atoms with van der Waals surface area (Å²) in [6.45, 7) is 6.16. The molecule has 0 saturated carbocycles. The van der Waals surface area contributed by atoms with Gasteiger partial charge in [0.2, 0.25) is 0 Å². The van der Waals surface area contributed by atoms with Crippen molar-refractivity contribution in [3.05, 3.63) is 35.9 Å². The van der Waals surface area contributed by atoms with E-state index in [0.717, 1.165) is 37.4 Å². The molecule has 0 aliphatic carbocycles. The second kappa shape index (κ2) is 5.80. The second-order valence-electron chi connectivity index (χ2n) is 5.73. The lowest BCUT2D eigenvalue weighted by Crippen LogP contribution is -2.31. The molecular formula is C17H22N2O. The molecule has 2 aromatic rings. The lowest BCUT2D eigenvalue weighted by Gasteiger charge is -2.29. The van der Waals surface area contributed by atoms with Crippen LogP contribution in [-0.2, 0) is 4.74 Å². The summed E-state index contributed by atoms with van der Waals surface area (Å²) in [5.41, 5.74) is 2.27. The molecule has 1 saturated heterocycles. The summed E-state index contributed by atoms with van der Waals surface area (Å²) >= 11 is 0. The highest BCUT2D eigenvalue weighted by molar-refractivity contribution is 5.81. The monoisotopic (exact) mass is 270 g/mol. The molecular weight excluding hydrogens is 248 g/mol. The molecule has 1 unspecified atom stereocenters. The maximum Gasteiger partial charge on any atom is 0.129 e. The lowest BCUT2D eigenvalue weighted by atomic mass is 9.93. The molecule has 1 aromatic heterocycles. The van der Waals surface area contributed by atoms with Gasteiger partial charge in [-0.1, -0.05) is 18.2 Å². The zero-order chi connectivity index (χ0) is 13.9. The predicted octanol–water partition coefficient (Wildman–Crippen LogP) is 3.77. The number of anilines is 1. The molecule has 1 aliphatic heterocycles. The Labute approximate surface area is 120 Å². The number of hydrogen-bond acceptors (Lipinski definition) is 3. The predicted molar refractivity (Wildman–Crippen MR) is 83.1 cm³/mol. The summed E-state index contributed by atoms with van der Waals surface area (Å²) < 4.78 is 5.44. The highest BCUT2D eigenvalue weighted by Gasteiger charge is 2.21. The fraction of sp³-hybridized carbons (Fsp3) is 0.471. The van der Waals surface area contributed by atoms with Crippen LogP contribution >= 0.6 is 0 Å². The van der Waals surface area contributed by atoms with Crippen molar-refractivity contribution in [2.75, 3.05) is 18.5 Å². The van der Waals surface area contributed by atoms with E-state index in [1.165, 1.54) is 10.9 Å². The van der Waals surface area contributed by atoms with E-state index < -0.39 is 0 Å². The molecule has 1 fully saturated rings. The quantitative estimate of drug-likeness (QED) is 0.922. The van der Waals surface area contributed by atoms with Crippen LogP contribution in [0, 0.1) is 12.8 Å². The van der Waals surface area contributed by atoms with Crippen LogP contribution in [0.2, 0.25) is 0 Å². The first-order chi connectivity index (χ1) is 9.74. The van der Waals surface area contributed by atoms with Crippen LogP contribution in [0.1, 0.15) is 25.3 Å². The standard InChI is InChI=1S/C17H22N2O/c1-12-11-15-5-3-4-6-16(15)19-17(12)18-13(2)14-7-9-20-10-8-14/h3-6,11,13-14H,7-10H2,1-2H3,(H,18,19). The van der Waals surface area contributed by atoms with E-state index in [9.17, 15) is 0 Å². The van der Waals surface area contributed by atoms with Crippen LogP contribution in [0.3, 0.4) is 0 Å². The van der Waals surface area contributed by atoms with Crippen LogP contribution in [0.15, 0.2) is 30.3 Å². The van der Waals surface area contributed by atoms with Crippen LogP contribution in [0.4, 0.5) is 5.82 Å². The number of hydrogen-bond donors (Lipinski definition) is 1. The molecule has 106 valence electrons. The van der Waals surface area contributed by atoms with Crippen LogP contribution in [-0.4, -0.2) is 24.2 Å². The molecule has 1 atom stereocenters. The molecule has 1 aliphatic rings. The van der Waals surface area contributed by atoms with E-state index in [2.05, 4.69) is 43.4 Å². The van der Waals surface area contributed by atoms with Gasteiger partial charge in [0.25, 0.3) is 0 Å². The maximum absolute atomic E-state index is 5.44. The summed E-state index contributed by atoms with van der Waals surface area (Å²) in [5.74, 6) is 1.69. The third kappa shape index (κ3) is 2.78. The third-order valence-electron chi connectivity index (χ3n) is 4.25. The van der Waals surface area contributed by atoms with Crippen molar-refractivity contribution in [3.8, 4) is 0 Å². The molecule has 0 bridgehead atoms. The van der Waals surface area contributed by atoms with Crippen molar-refractivity contribution < 1.29 is 4.74 Å². The number of ether oxygens (including phenoxy) is 1. The number of aryl methyl sites for hydroxylation is 1. The SMILES string of the molecule is Cc1cc2ccccc2nc1NC(C)C1CCOCC1. The average Bonchev–Trinajstić information content (AvgIpc) is 2.49. The van der Waals surface area contributed by atoms with Crippen molar-refractivity contribution in [2.24, 2.45) is 5.92 Å². The van der Waals surface area contributed by atoms with Gasteiger partial charge in [-0.15, -0.1) is 0 Å². The van der Waals surface area contributed by atoms with Gasteiger partial charge in [0.05, 0.1) is 5.52 Å². The molecule has 2 heterocycles. The largest absolute Gasteiger partial charge is 0.381 e. The zero-order valence-electron chi connectivity index (χ0n) is 12.2. The first-order valence-corrected chi connectivity index (χ1v) is 7.45. The number of nitrogens with zero attached hydrogens (tertiary/aromatic N) is 1. The molecule has 0 spiro atoms. The Bertz CT molecular complexity index is 591. The Morgan fingerprint density at radius 1 is 1.25 bits per heavy atom. The van der Waals surface area contributed by atoms with Gasteiger partial charge in [-0.2, -0.15) is 0 Å². The molecule has 1 N–H and O–H groups in total. The lowest BCUT2D eigenvalue weighted by molar-refractivity contribution is 0.0622.